The molecule has 0 unspecified atom stereocenters. The lowest BCUT2D eigenvalue weighted by Crippen LogP contribution is -2.05. The summed E-state index contributed by atoms with van der Waals surface area (Å²) in [5.74, 6) is 0. The van der Waals surface area contributed by atoms with E-state index in [9.17, 15) is 13.2 Å². The molecule has 0 saturated heterocycles. The standard InChI is InChI=1S/C13H6Cl3F3/c14-8-2-4-11(15)9(6-8)7-1-3-10(12(16)5-7)13(17,18)19/h1-6H. The third-order valence-electron chi connectivity index (χ3n) is 2.51. The van der Waals surface area contributed by atoms with Crippen LogP contribution in [0.25, 0.3) is 11.1 Å². The van der Waals surface area contributed by atoms with E-state index in [0.717, 1.165) is 6.07 Å². The van der Waals surface area contributed by atoms with Crippen LogP contribution < -0.4 is 0 Å². The summed E-state index contributed by atoms with van der Waals surface area (Å²) < 4.78 is 37.8. The van der Waals surface area contributed by atoms with E-state index in [1.807, 2.05) is 0 Å². The molecular formula is C13H6Cl3F3. The molecule has 0 nitrogen and oxygen atoms in total. The van der Waals surface area contributed by atoms with Gasteiger partial charge < -0.3 is 0 Å². The van der Waals surface area contributed by atoms with Crippen LogP contribution in [0.15, 0.2) is 36.4 Å². The van der Waals surface area contributed by atoms with E-state index >= 15 is 0 Å². The van der Waals surface area contributed by atoms with Crippen LogP contribution >= 0.6 is 34.8 Å². The SMILES string of the molecule is FC(F)(F)c1ccc(-c2cc(Cl)ccc2Cl)cc1Cl. The highest BCUT2D eigenvalue weighted by atomic mass is 35.5. The molecule has 0 N–H and O–H groups in total. The molecule has 0 amide bonds. The average Bonchev–Trinajstić information content (AvgIpc) is 2.30. The summed E-state index contributed by atoms with van der Waals surface area (Å²) in [5, 5.41) is 0.455. The van der Waals surface area contributed by atoms with Gasteiger partial charge in [0.05, 0.1) is 10.6 Å². The maximum Gasteiger partial charge on any atom is 0.417 e. The second kappa shape index (κ2) is 5.23. The minimum Gasteiger partial charge on any atom is -0.166 e. The van der Waals surface area contributed by atoms with Gasteiger partial charge in [-0.3, -0.25) is 0 Å². The fraction of sp³-hybridized carbons (Fsp3) is 0.0769. The van der Waals surface area contributed by atoms with Crippen molar-refractivity contribution in [2.45, 2.75) is 6.18 Å². The summed E-state index contributed by atoms with van der Waals surface area (Å²) in [5.41, 5.74) is 0.131. The lowest BCUT2D eigenvalue weighted by atomic mass is 10.0. The van der Waals surface area contributed by atoms with Crippen molar-refractivity contribution in [1.82, 2.24) is 0 Å². The van der Waals surface area contributed by atoms with Crippen LogP contribution in [0, 0.1) is 0 Å². The van der Waals surface area contributed by atoms with Crippen LogP contribution in [0.5, 0.6) is 0 Å². The maximum absolute atomic E-state index is 12.6. The highest BCUT2D eigenvalue weighted by molar-refractivity contribution is 6.35. The molecule has 0 heterocycles. The number of halogens is 6. The first-order valence-electron chi connectivity index (χ1n) is 5.11. The Balaban J connectivity index is 2.54. The maximum atomic E-state index is 12.6. The summed E-state index contributed by atoms with van der Waals surface area (Å²) in [4.78, 5) is 0. The molecule has 0 aliphatic heterocycles. The van der Waals surface area contributed by atoms with E-state index < -0.39 is 11.7 Å². The molecule has 2 aromatic rings. The molecule has 0 fully saturated rings. The molecule has 0 spiro atoms. The molecule has 0 atom stereocenters. The molecule has 0 bridgehead atoms. The Morgan fingerprint density at radius 1 is 0.789 bits per heavy atom. The molecule has 0 radical (unpaired) electrons. The molecular weight excluding hydrogens is 319 g/mol. The van der Waals surface area contributed by atoms with Gasteiger partial charge in [0, 0.05) is 15.6 Å². The molecule has 0 aliphatic carbocycles. The zero-order valence-electron chi connectivity index (χ0n) is 9.23. The highest BCUT2D eigenvalue weighted by Gasteiger charge is 2.33. The van der Waals surface area contributed by atoms with Crippen molar-refractivity contribution >= 4 is 34.8 Å². The Morgan fingerprint density at radius 2 is 1.47 bits per heavy atom. The monoisotopic (exact) mass is 324 g/mol. The van der Waals surface area contributed by atoms with Gasteiger partial charge in [-0.1, -0.05) is 40.9 Å². The quantitative estimate of drug-likeness (QED) is 0.574. The highest BCUT2D eigenvalue weighted by Crippen LogP contribution is 2.38. The van der Waals surface area contributed by atoms with Crippen molar-refractivity contribution in [3.63, 3.8) is 0 Å². The van der Waals surface area contributed by atoms with Gasteiger partial charge in [0.2, 0.25) is 0 Å². The Bertz CT molecular complexity index is 621. The molecule has 100 valence electrons. The largest absolute Gasteiger partial charge is 0.417 e. The van der Waals surface area contributed by atoms with Crippen LogP contribution in [0.2, 0.25) is 15.1 Å². The number of alkyl halides is 3. The molecule has 0 aliphatic rings. The van der Waals surface area contributed by atoms with Crippen molar-refractivity contribution < 1.29 is 13.2 Å². The number of hydrogen-bond donors (Lipinski definition) is 0. The fourth-order valence-electron chi connectivity index (χ4n) is 1.63. The van der Waals surface area contributed by atoms with Crippen molar-refractivity contribution in [2.75, 3.05) is 0 Å². The Kier molecular flexibility index (Phi) is 4.00. The van der Waals surface area contributed by atoms with Gasteiger partial charge in [0.25, 0.3) is 0 Å². The van der Waals surface area contributed by atoms with Crippen LogP contribution in [0.4, 0.5) is 13.2 Å². The third kappa shape index (κ3) is 3.16. The van der Waals surface area contributed by atoms with E-state index in [2.05, 4.69) is 0 Å². The van der Waals surface area contributed by atoms with Crippen molar-refractivity contribution in [3.8, 4) is 11.1 Å². The van der Waals surface area contributed by atoms with Gasteiger partial charge in [-0.05, 0) is 35.9 Å². The second-order valence-electron chi connectivity index (χ2n) is 3.82. The van der Waals surface area contributed by atoms with E-state index in [0.29, 0.717) is 21.2 Å². The normalized spacial score (nSPS) is 11.7. The minimum atomic E-state index is -4.48. The van der Waals surface area contributed by atoms with Crippen molar-refractivity contribution in [1.29, 1.82) is 0 Å². The summed E-state index contributed by atoms with van der Waals surface area (Å²) in [6, 6.07) is 8.20. The zero-order chi connectivity index (χ0) is 14.2. The van der Waals surface area contributed by atoms with E-state index in [1.165, 1.54) is 12.1 Å². The first-order valence-corrected chi connectivity index (χ1v) is 6.24. The van der Waals surface area contributed by atoms with E-state index in [-0.39, 0.29) is 5.02 Å². The van der Waals surface area contributed by atoms with Gasteiger partial charge in [-0.15, -0.1) is 0 Å². The topological polar surface area (TPSA) is 0 Å². The first kappa shape index (κ1) is 14.5. The van der Waals surface area contributed by atoms with Gasteiger partial charge in [-0.25, -0.2) is 0 Å². The van der Waals surface area contributed by atoms with E-state index in [4.69, 9.17) is 34.8 Å². The smallest absolute Gasteiger partial charge is 0.166 e. The number of benzene rings is 2. The fourth-order valence-corrected chi connectivity index (χ4v) is 2.32. The molecule has 0 saturated carbocycles. The van der Waals surface area contributed by atoms with Crippen molar-refractivity contribution in [2.24, 2.45) is 0 Å². The Morgan fingerprint density at radius 3 is 2.05 bits per heavy atom. The summed E-state index contributed by atoms with van der Waals surface area (Å²) in [7, 11) is 0. The van der Waals surface area contributed by atoms with Crippen LogP contribution in [0.3, 0.4) is 0 Å². The van der Waals surface area contributed by atoms with Crippen LogP contribution in [-0.2, 0) is 6.18 Å². The Labute approximate surface area is 122 Å². The predicted molar refractivity (Wildman–Crippen MR) is 71.9 cm³/mol. The Hall–Kier alpha value is -0.900. The van der Waals surface area contributed by atoms with Crippen LogP contribution in [-0.4, -0.2) is 0 Å². The molecule has 2 aromatic carbocycles. The molecule has 0 aromatic heterocycles. The third-order valence-corrected chi connectivity index (χ3v) is 3.39. The lowest BCUT2D eigenvalue weighted by Gasteiger charge is -2.11. The number of rotatable bonds is 1. The molecule has 6 heteroatoms. The second-order valence-corrected chi connectivity index (χ2v) is 5.07. The zero-order valence-corrected chi connectivity index (χ0v) is 11.5. The van der Waals surface area contributed by atoms with Gasteiger partial charge in [-0.2, -0.15) is 13.2 Å². The van der Waals surface area contributed by atoms with Crippen molar-refractivity contribution in [3.05, 3.63) is 57.0 Å². The average molecular weight is 326 g/mol. The molecule has 2 rings (SSSR count). The summed E-state index contributed by atoms with van der Waals surface area (Å²) in [6.07, 6.45) is -4.48. The van der Waals surface area contributed by atoms with E-state index in [1.54, 1.807) is 18.2 Å². The first-order chi connectivity index (χ1) is 8.79. The lowest BCUT2D eigenvalue weighted by molar-refractivity contribution is -0.137. The van der Waals surface area contributed by atoms with Gasteiger partial charge >= 0.3 is 6.18 Å². The van der Waals surface area contributed by atoms with Gasteiger partial charge in [0.1, 0.15) is 0 Å². The number of hydrogen-bond acceptors (Lipinski definition) is 0. The summed E-state index contributed by atoms with van der Waals surface area (Å²) >= 11 is 17.5. The molecule has 19 heavy (non-hydrogen) atoms. The van der Waals surface area contributed by atoms with Crippen LogP contribution in [0.1, 0.15) is 5.56 Å². The summed E-state index contributed by atoms with van der Waals surface area (Å²) in [6.45, 7) is 0. The minimum absolute atomic E-state index is 0.374. The predicted octanol–water partition coefficient (Wildman–Crippen LogP) is 6.33. The van der Waals surface area contributed by atoms with Gasteiger partial charge in [0.15, 0.2) is 0 Å².